The van der Waals surface area contributed by atoms with Crippen molar-refractivity contribution in [2.45, 2.75) is 45.7 Å². The van der Waals surface area contributed by atoms with E-state index in [1.165, 1.54) is 0 Å². The van der Waals surface area contributed by atoms with Gasteiger partial charge in [-0.15, -0.1) is 0 Å². The van der Waals surface area contributed by atoms with E-state index in [1.54, 1.807) is 0 Å². The van der Waals surface area contributed by atoms with Crippen molar-refractivity contribution >= 4 is 34.7 Å². The summed E-state index contributed by atoms with van der Waals surface area (Å²) in [6.07, 6.45) is 2.27. The highest BCUT2D eigenvalue weighted by Gasteiger charge is 2.26. The van der Waals surface area contributed by atoms with Crippen molar-refractivity contribution in [2.75, 3.05) is 33.7 Å². The van der Waals surface area contributed by atoms with Crippen LogP contribution in [0.4, 0.5) is 0 Å². The van der Waals surface area contributed by atoms with Gasteiger partial charge in [-0.2, -0.15) is 0 Å². The Labute approximate surface area is 134 Å². The van der Waals surface area contributed by atoms with Gasteiger partial charge in [-0.05, 0) is 57.7 Å². The normalized spacial score (nSPS) is 24.8. The van der Waals surface area contributed by atoms with Crippen molar-refractivity contribution in [1.29, 1.82) is 0 Å². The predicted molar refractivity (Wildman–Crippen MR) is 94.1 cm³/mol. The lowest BCUT2D eigenvalue weighted by Gasteiger charge is -2.41. The van der Waals surface area contributed by atoms with E-state index in [1.807, 2.05) is 19.0 Å². The van der Waals surface area contributed by atoms with E-state index in [0.717, 1.165) is 37.6 Å². The van der Waals surface area contributed by atoms with E-state index in [2.05, 4.69) is 35.9 Å². The van der Waals surface area contributed by atoms with Crippen LogP contribution in [0.15, 0.2) is 0 Å². The summed E-state index contributed by atoms with van der Waals surface area (Å²) in [4.78, 5) is 6.71. The molecular formula is C14H28N4S2. The largest absolute Gasteiger partial charge is 0.355 e. The van der Waals surface area contributed by atoms with Crippen molar-refractivity contribution in [2.24, 2.45) is 0 Å². The zero-order chi connectivity index (χ0) is 15.3. The molecule has 6 heteroatoms. The lowest BCUT2D eigenvalue weighted by atomic mass is 10.1. The minimum atomic E-state index is 0.435. The predicted octanol–water partition coefficient (Wildman–Crippen LogP) is 1.90. The maximum Gasteiger partial charge on any atom is 0.175 e. The first-order valence-corrected chi connectivity index (χ1v) is 8.21. The lowest BCUT2D eigenvalue weighted by molar-refractivity contribution is 0.157. The van der Waals surface area contributed by atoms with Crippen LogP contribution in [0.1, 0.15) is 33.6 Å². The van der Waals surface area contributed by atoms with Gasteiger partial charge in [-0.3, -0.25) is 0 Å². The molecule has 0 amide bonds. The van der Waals surface area contributed by atoms with E-state index < -0.39 is 0 Å². The molecule has 1 heterocycles. The molecule has 0 aromatic rings. The van der Waals surface area contributed by atoms with Crippen LogP contribution in [0.5, 0.6) is 0 Å². The van der Waals surface area contributed by atoms with E-state index in [-0.39, 0.29) is 0 Å². The standard InChI is InChI=1S/C14H28N4S2/c1-6-17-9-7-11(2)18(12(3)8-10-17)14(20)15-13(19)16(4)5/h11-12H,6-10H2,1-5H3,(H,15,19,20). The first-order chi connectivity index (χ1) is 9.36. The van der Waals surface area contributed by atoms with Gasteiger partial charge in [0.1, 0.15) is 0 Å². The second kappa shape index (κ2) is 8.10. The highest BCUT2D eigenvalue weighted by molar-refractivity contribution is 7.81. The summed E-state index contributed by atoms with van der Waals surface area (Å²) in [5.74, 6) is 0. The molecule has 2 unspecified atom stereocenters. The van der Waals surface area contributed by atoms with Crippen molar-refractivity contribution < 1.29 is 0 Å². The minimum absolute atomic E-state index is 0.435. The number of hydrogen-bond donors (Lipinski definition) is 1. The fourth-order valence-electron chi connectivity index (χ4n) is 2.55. The summed E-state index contributed by atoms with van der Waals surface area (Å²) in [5.41, 5.74) is 0. The summed E-state index contributed by atoms with van der Waals surface area (Å²) in [5, 5.41) is 4.62. The molecule has 0 aromatic heterocycles. The van der Waals surface area contributed by atoms with E-state index in [4.69, 9.17) is 24.4 Å². The van der Waals surface area contributed by atoms with Gasteiger partial charge >= 0.3 is 0 Å². The van der Waals surface area contributed by atoms with Crippen LogP contribution in [-0.2, 0) is 0 Å². The van der Waals surface area contributed by atoms with Crippen LogP contribution in [0.25, 0.3) is 0 Å². The van der Waals surface area contributed by atoms with Gasteiger partial charge in [0.15, 0.2) is 10.2 Å². The smallest absolute Gasteiger partial charge is 0.175 e. The molecule has 0 radical (unpaired) electrons. The van der Waals surface area contributed by atoms with E-state index in [9.17, 15) is 0 Å². The van der Waals surface area contributed by atoms with Crippen molar-refractivity contribution in [3.05, 3.63) is 0 Å². The summed E-state index contributed by atoms with van der Waals surface area (Å²) in [7, 11) is 3.86. The Hall–Kier alpha value is -0.460. The van der Waals surface area contributed by atoms with Crippen molar-refractivity contribution in [3.63, 3.8) is 0 Å². The third-order valence-corrected chi connectivity index (χ3v) is 4.76. The zero-order valence-corrected chi connectivity index (χ0v) is 15.0. The fourth-order valence-corrected chi connectivity index (χ4v) is 3.17. The topological polar surface area (TPSA) is 21.8 Å². The van der Waals surface area contributed by atoms with Gasteiger partial charge in [0.05, 0.1) is 0 Å². The molecule has 2 atom stereocenters. The molecule has 0 spiro atoms. The molecule has 116 valence electrons. The van der Waals surface area contributed by atoms with Gasteiger partial charge in [0.2, 0.25) is 0 Å². The molecule has 0 bridgehead atoms. The molecule has 0 aliphatic carbocycles. The number of hydrogen-bond acceptors (Lipinski definition) is 3. The van der Waals surface area contributed by atoms with Crippen LogP contribution in [0, 0.1) is 0 Å². The summed E-state index contributed by atoms with van der Waals surface area (Å²) in [6, 6.07) is 0.869. The number of rotatable bonds is 1. The first kappa shape index (κ1) is 17.6. The maximum absolute atomic E-state index is 5.57. The van der Waals surface area contributed by atoms with Crippen LogP contribution in [-0.4, -0.2) is 70.7 Å². The van der Waals surface area contributed by atoms with Gasteiger partial charge < -0.3 is 20.0 Å². The Kier molecular flexibility index (Phi) is 7.12. The molecule has 1 rings (SSSR count). The van der Waals surface area contributed by atoms with Gasteiger partial charge in [0, 0.05) is 39.3 Å². The van der Waals surface area contributed by atoms with Crippen LogP contribution in [0.3, 0.4) is 0 Å². The minimum Gasteiger partial charge on any atom is -0.355 e. The molecule has 1 fully saturated rings. The Morgan fingerprint density at radius 3 is 2.05 bits per heavy atom. The Bertz CT molecular complexity index is 332. The molecule has 1 aliphatic rings. The highest BCUT2D eigenvalue weighted by atomic mass is 32.1. The summed E-state index contributed by atoms with van der Waals surface area (Å²) >= 11 is 10.9. The molecule has 1 N–H and O–H groups in total. The quantitative estimate of drug-likeness (QED) is 0.741. The Morgan fingerprint density at radius 2 is 1.65 bits per heavy atom. The van der Waals surface area contributed by atoms with E-state index >= 15 is 0 Å². The molecule has 1 aliphatic heterocycles. The van der Waals surface area contributed by atoms with Crippen LogP contribution >= 0.6 is 24.4 Å². The van der Waals surface area contributed by atoms with Crippen molar-refractivity contribution in [3.8, 4) is 0 Å². The third-order valence-electron chi connectivity index (χ3n) is 3.98. The Morgan fingerprint density at radius 1 is 1.15 bits per heavy atom. The zero-order valence-electron chi connectivity index (χ0n) is 13.3. The van der Waals surface area contributed by atoms with Gasteiger partial charge in [-0.1, -0.05) is 6.92 Å². The second-order valence-electron chi connectivity index (χ2n) is 5.75. The third kappa shape index (κ3) is 4.82. The highest BCUT2D eigenvalue weighted by Crippen LogP contribution is 2.17. The van der Waals surface area contributed by atoms with Gasteiger partial charge in [-0.25, -0.2) is 0 Å². The molecule has 0 aromatic carbocycles. The lowest BCUT2D eigenvalue weighted by Crippen LogP contribution is -2.54. The molecule has 20 heavy (non-hydrogen) atoms. The first-order valence-electron chi connectivity index (χ1n) is 7.39. The molecule has 0 saturated carbocycles. The van der Waals surface area contributed by atoms with Crippen LogP contribution in [0.2, 0.25) is 0 Å². The number of thiocarbonyl (C=S) groups is 2. The van der Waals surface area contributed by atoms with Gasteiger partial charge in [0.25, 0.3) is 0 Å². The fraction of sp³-hybridized carbons (Fsp3) is 0.857. The number of nitrogens with one attached hydrogen (secondary N) is 1. The van der Waals surface area contributed by atoms with E-state index in [0.29, 0.717) is 17.2 Å². The Balaban J connectivity index is 2.71. The van der Waals surface area contributed by atoms with Crippen LogP contribution < -0.4 is 5.32 Å². The second-order valence-corrected chi connectivity index (χ2v) is 6.52. The average molecular weight is 317 g/mol. The molecule has 4 nitrogen and oxygen atoms in total. The monoisotopic (exact) mass is 316 g/mol. The average Bonchev–Trinajstić information content (AvgIpc) is 2.37. The van der Waals surface area contributed by atoms with Crippen molar-refractivity contribution in [1.82, 2.24) is 20.0 Å². The molecular weight excluding hydrogens is 288 g/mol. The SMILES string of the molecule is CCN1CCC(C)N(C(=S)NC(=S)N(C)C)C(C)CC1. The molecule has 1 saturated heterocycles. The number of nitrogens with zero attached hydrogens (tertiary/aromatic N) is 3. The summed E-state index contributed by atoms with van der Waals surface area (Å²) < 4.78 is 0. The summed E-state index contributed by atoms with van der Waals surface area (Å²) in [6.45, 7) is 10.2. The maximum atomic E-state index is 5.57.